The molecule has 0 aliphatic rings. The fourth-order valence-corrected chi connectivity index (χ4v) is 0.950. The molecule has 0 bridgehead atoms. The molecular weight excluding hydrogens is 178 g/mol. The predicted octanol–water partition coefficient (Wildman–Crippen LogP) is 2.22. The predicted molar refractivity (Wildman–Crippen MR) is 43.7 cm³/mol. The van der Waals surface area contributed by atoms with Crippen LogP contribution in [0.1, 0.15) is 11.1 Å². The zero-order valence-corrected chi connectivity index (χ0v) is 7.34. The van der Waals surface area contributed by atoms with Gasteiger partial charge in [0.15, 0.2) is 0 Å². The zero-order chi connectivity index (χ0) is 10.1. The van der Waals surface area contributed by atoms with Crippen molar-refractivity contribution in [2.45, 2.75) is 20.1 Å². The van der Waals surface area contributed by atoms with E-state index in [1.54, 1.807) is 26.0 Å². The number of aryl methyl sites for hydroxylation is 2. The average molecular weight is 188 g/mol. The van der Waals surface area contributed by atoms with Gasteiger partial charge in [0.2, 0.25) is 0 Å². The summed E-state index contributed by atoms with van der Waals surface area (Å²) in [7, 11) is 0. The van der Waals surface area contributed by atoms with E-state index in [-0.39, 0.29) is 5.75 Å². The highest BCUT2D eigenvalue weighted by Crippen LogP contribution is 2.24. The molecule has 1 rings (SSSR count). The van der Waals surface area contributed by atoms with E-state index in [1.807, 2.05) is 0 Å². The number of hydrogen-bond acceptors (Lipinski definition) is 2. The Balaban J connectivity index is 2.94. The minimum absolute atomic E-state index is 0.00694. The molecule has 4 heteroatoms. The lowest BCUT2D eigenvalue weighted by atomic mass is 10.1. The quantitative estimate of drug-likeness (QED) is 0.721. The molecule has 0 heterocycles. The summed E-state index contributed by atoms with van der Waals surface area (Å²) in [5.41, 5.74) is 1.35. The van der Waals surface area contributed by atoms with Crippen molar-refractivity contribution < 1.29 is 18.6 Å². The van der Waals surface area contributed by atoms with Crippen LogP contribution < -0.4 is 4.74 Å². The summed E-state index contributed by atoms with van der Waals surface area (Å²) in [4.78, 5) is 0. The molecule has 1 N–H and O–H groups in total. The fraction of sp³-hybridized carbons (Fsp3) is 0.333. The van der Waals surface area contributed by atoms with E-state index in [9.17, 15) is 8.78 Å². The molecule has 13 heavy (non-hydrogen) atoms. The second-order valence-corrected chi connectivity index (χ2v) is 2.86. The van der Waals surface area contributed by atoms with E-state index in [0.29, 0.717) is 5.56 Å². The van der Waals surface area contributed by atoms with Gasteiger partial charge in [-0.05, 0) is 31.0 Å². The van der Waals surface area contributed by atoms with Gasteiger partial charge in [-0.25, -0.2) is 0 Å². The fourth-order valence-electron chi connectivity index (χ4n) is 0.950. The Morgan fingerprint density at radius 1 is 1.31 bits per heavy atom. The third-order valence-electron chi connectivity index (χ3n) is 1.58. The number of alkyl halides is 2. The number of aliphatic hydroxyl groups is 1. The molecule has 1 aromatic rings. The summed E-state index contributed by atoms with van der Waals surface area (Å²) in [5, 5.41) is 8.13. The lowest BCUT2D eigenvalue weighted by Gasteiger charge is -2.13. The van der Waals surface area contributed by atoms with E-state index in [0.717, 1.165) is 5.56 Å². The van der Waals surface area contributed by atoms with Gasteiger partial charge in [0.05, 0.1) is 0 Å². The third-order valence-corrected chi connectivity index (χ3v) is 1.58. The van der Waals surface area contributed by atoms with Crippen molar-refractivity contribution in [3.63, 3.8) is 0 Å². The number of benzene rings is 1. The third kappa shape index (κ3) is 2.99. The lowest BCUT2D eigenvalue weighted by Crippen LogP contribution is -2.23. The van der Waals surface area contributed by atoms with Gasteiger partial charge >= 0.3 is 6.29 Å². The van der Waals surface area contributed by atoms with Crippen LogP contribution in [-0.2, 0) is 0 Å². The van der Waals surface area contributed by atoms with Gasteiger partial charge in [-0.15, -0.1) is 8.78 Å². The Morgan fingerprint density at radius 2 is 1.92 bits per heavy atom. The van der Waals surface area contributed by atoms with Crippen LogP contribution >= 0.6 is 0 Å². The number of ether oxygens (including phenoxy) is 1. The molecule has 0 saturated carbocycles. The lowest BCUT2D eigenvalue weighted by molar-refractivity contribution is -0.327. The van der Waals surface area contributed by atoms with Crippen LogP contribution in [0.4, 0.5) is 8.78 Å². The van der Waals surface area contributed by atoms with Gasteiger partial charge in [-0.1, -0.05) is 12.1 Å². The molecule has 72 valence electrons. The van der Waals surface area contributed by atoms with Crippen LogP contribution in [0.15, 0.2) is 18.2 Å². The van der Waals surface area contributed by atoms with E-state index < -0.39 is 6.29 Å². The summed E-state index contributed by atoms with van der Waals surface area (Å²) < 4.78 is 28.1. The first-order valence-electron chi connectivity index (χ1n) is 3.75. The molecule has 2 nitrogen and oxygen atoms in total. The van der Waals surface area contributed by atoms with Gasteiger partial charge in [0.1, 0.15) is 5.75 Å². The Hall–Kier alpha value is -1.16. The number of hydrogen-bond donors (Lipinski definition) is 1. The van der Waals surface area contributed by atoms with E-state index in [4.69, 9.17) is 5.11 Å². The minimum atomic E-state index is -4.11. The molecule has 1 aromatic carbocycles. The van der Waals surface area contributed by atoms with E-state index >= 15 is 0 Å². The maximum absolute atomic E-state index is 12.1. The highest BCUT2D eigenvalue weighted by Gasteiger charge is 2.28. The Kier molecular flexibility index (Phi) is 2.52. The van der Waals surface area contributed by atoms with Crippen molar-refractivity contribution in [3.8, 4) is 5.75 Å². The number of halogens is 2. The average Bonchev–Trinajstić information content (AvgIpc) is 1.94. The topological polar surface area (TPSA) is 29.5 Å². The molecule has 0 atom stereocenters. The van der Waals surface area contributed by atoms with Crippen molar-refractivity contribution in [1.82, 2.24) is 0 Å². The molecule has 0 aliphatic carbocycles. The first-order chi connectivity index (χ1) is 5.88. The van der Waals surface area contributed by atoms with Crippen molar-refractivity contribution in [2.24, 2.45) is 0 Å². The van der Waals surface area contributed by atoms with Gasteiger partial charge in [-0.2, -0.15) is 0 Å². The van der Waals surface area contributed by atoms with Crippen molar-refractivity contribution in [1.29, 1.82) is 0 Å². The first-order valence-corrected chi connectivity index (χ1v) is 3.75. The smallest absolute Gasteiger partial charge is 0.409 e. The Labute approximate surface area is 74.8 Å². The highest BCUT2D eigenvalue weighted by molar-refractivity contribution is 5.36. The molecule has 0 fully saturated rings. The largest absolute Gasteiger partial charge is 0.532 e. The Bertz CT molecular complexity index is 305. The summed E-state index contributed by atoms with van der Waals surface area (Å²) in [6.07, 6.45) is -4.11. The maximum Gasteiger partial charge on any atom is 0.532 e. The summed E-state index contributed by atoms with van der Waals surface area (Å²) in [6, 6.07) is 4.87. The van der Waals surface area contributed by atoms with Crippen LogP contribution in [0, 0.1) is 13.8 Å². The van der Waals surface area contributed by atoms with Gasteiger partial charge < -0.3 is 9.84 Å². The number of rotatable bonds is 2. The Morgan fingerprint density at radius 3 is 2.46 bits per heavy atom. The van der Waals surface area contributed by atoms with Crippen molar-refractivity contribution in [2.75, 3.05) is 0 Å². The second kappa shape index (κ2) is 3.30. The van der Waals surface area contributed by atoms with E-state index in [1.165, 1.54) is 6.07 Å². The van der Waals surface area contributed by atoms with Gasteiger partial charge in [0, 0.05) is 0 Å². The first kappa shape index (κ1) is 9.92. The molecule has 0 spiro atoms. The van der Waals surface area contributed by atoms with Crippen molar-refractivity contribution >= 4 is 0 Å². The molecule has 0 unspecified atom stereocenters. The molecular formula is C9H10F2O2. The molecule has 0 aromatic heterocycles. The monoisotopic (exact) mass is 188 g/mol. The summed E-state index contributed by atoms with van der Waals surface area (Å²) in [5.74, 6) is -0.00694. The molecule has 0 saturated heterocycles. The normalized spacial score (nSPS) is 11.5. The van der Waals surface area contributed by atoms with Crippen LogP contribution in [0.2, 0.25) is 0 Å². The van der Waals surface area contributed by atoms with Crippen molar-refractivity contribution in [3.05, 3.63) is 29.3 Å². The SMILES string of the molecule is Cc1ccc(C)c(OC(O)(F)F)c1. The zero-order valence-electron chi connectivity index (χ0n) is 7.34. The minimum Gasteiger partial charge on any atom is -0.409 e. The standard InChI is InChI=1S/C9H10F2O2/c1-6-3-4-7(2)8(5-6)13-9(10,11)12/h3-5,12H,1-2H3. The molecule has 0 aliphatic heterocycles. The summed E-state index contributed by atoms with van der Waals surface area (Å²) >= 11 is 0. The van der Waals surface area contributed by atoms with Gasteiger partial charge in [0.25, 0.3) is 0 Å². The van der Waals surface area contributed by atoms with Crippen LogP contribution in [0.5, 0.6) is 5.75 Å². The summed E-state index contributed by atoms with van der Waals surface area (Å²) in [6.45, 7) is 3.38. The van der Waals surface area contributed by atoms with Crippen LogP contribution in [-0.4, -0.2) is 11.4 Å². The highest BCUT2D eigenvalue weighted by atomic mass is 19.3. The van der Waals surface area contributed by atoms with Crippen LogP contribution in [0.25, 0.3) is 0 Å². The maximum atomic E-state index is 12.1. The van der Waals surface area contributed by atoms with Gasteiger partial charge in [-0.3, -0.25) is 0 Å². The van der Waals surface area contributed by atoms with E-state index in [2.05, 4.69) is 4.74 Å². The molecule has 0 amide bonds. The second-order valence-electron chi connectivity index (χ2n) is 2.86. The molecule has 0 radical (unpaired) electrons. The van der Waals surface area contributed by atoms with Crippen LogP contribution in [0.3, 0.4) is 0 Å².